The van der Waals surface area contributed by atoms with Crippen LogP contribution >= 0.6 is 0 Å². The Hall–Kier alpha value is -1.03. The monoisotopic (exact) mass is 330 g/mol. The number of nitrogens with one attached hydrogen (secondary N) is 2. The highest BCUT2D eigenvalue weighted by Crippen LogP contribution is 2.19. The number of alkyl halides is 3. The molecule has 0 amide bonds. The van der Waals surface area contributed by atoms with Crippen LogP contribution in [0, 0.1) is 0 Å². The minimum atomic E-state index is -4.22. The van der Waals surface area contributed by atoms with Gasteiger partial charge in [-0.3, -0.25) is 4.99 Å². The SMILES string of the molecule is CN=C(NCCC(F)(F)F)NC[C@H]1CCCN1S(C)(=O)=O. The molecule has 6 nitrogen and oxygen atoms in total. The van der Waals surface area contributed by atoms with Crippen LogP contribution in [-0.4, -0.2) is 63.8 Å². The molecule has 1 rings (SSSR count). The maximum Gasteiger partial charge on any atom is 0.390 e. The molecule has 0 aromatic rings. The summed E-state index contributed by atoms with van der Waals surface area (Å²) in [6.07, 6.45) is -2.52. The lowest BCUT2D eigenvalue weighted by atomic mass is 10.2. The van der Waals surface area contributed by atoms with E-state index in [9.17, 15) is 21.6 Å². The Kier molecular flexibility index (Phi) is 6.26. The third-order valence-electron chi connectivity index (χ3n) is 3.18. The molecule has 1 saturated heterocycles. The molecular formula is C11H21F3N4O2S. The molecule has 0 aromatic carbocycles. The standard InChI is InChI=1S/C11H21F3N4O2S/c1-15-10(16-6-5-11(12,13)14)17-8-9-4-3-7-18(9)21(2,19)20/h9H,3-8H2,1-2H3,(H2,15,16,17)/t9-/m1/s1. The lowest BCUT2D eigenvalue weighted by molar-refractivity contribution is -0.132. The van der Waals surface area contributed by atoms with Crippen LogP contribution < -0.4 is 10.6 Å². The molecule has 0 aromatic heterocycles. The van der Waals surface area contributed by atoms with Gasteiger partial charge in [-0.2, -0.15) is 17.5 Å². The molecule has 1 atom stereocenters. The highest BCUT2D eigenvalue weighted by Gasteiger charge is 2.31. The van der Waals surface area contributed by atoms with Gasteiger partial charge >= 0.3 is 6.18 Å². The average molecular weight is 330 g/mol. The normalized spacial score (nSPS) is 21.6. The van der Waals surface area contributed by atoms with Gasteiger partial charge in [0, 0.05) is 32.7 Å². The van der Waals surface area contributed by atoms with Crippen molar-refractivity contribution in [2.45, 2.75) is 31.5 Å². The summed E-state index contributed by atoms with van der Waals surface area (Å²) in [4.78, 5) is 3.81. The van der Waals surface area contributed by atoms with E-state index >= 15 is 0 Å². The van der Waals surface area contributed by atoms with Gasteiger partial charge in [0.25, 0.3) is 0 Å². The first-order valence-corrected chi connectivity index (χ1v) is 8.46. The summed E-state index contributed by atoms with van der Waals surface area (Å²) in [5, 5.41) is 5.42. The number of sulfonamides is 1. The fraction of sp³-hybridized carbons (Fsp3) is 0.909. The first-order chi connectivity index (χ1) is 9.63. The quantitative estimate of drug-likeness (QED) is 0.570. The molecule has 1 aliphatic heterocycles. The van der Waals surface area contributed by atoms with Crippen molar-refractivity contribution >= 4 is 16.0 Å². The average Bonchev–Trinajstić information content (AvgIpc) is 2.80. The molecule has 0 spiro atoms. The van der Waals surface area contributed by atoms with Gasteiger partial charge in [0.2, 0.25) is 10.0 Å². The largest absolute Gasteiger partial charge is 0.390 e. The molecular weight excluding hydrogens is 309 g/mol. The van der Waals surface area contributed by atoms with Gasteiger partial charge in [-0.15, -0.1) is 0 Å². The van der Waals surface area contributed by atoms with E-state index in [0.29, 0.717) is 13.1 Å². The van der Waals surface area contributed by atoms with Crippen molar-refractivity contribution in [2.24, 2.45) is 4.99 Å². The van der Waals surface area contributed by atoms with E-state index in [4.69, 9.17) is 0 Å². The summed E-state index contributed by atoms with van der Waals surface area (Å²) in [6, 6.07) is -0.193. The van der Waals surface area contributed by atoms with Gasteiger partial charge in [-0.1, -0.05) is 0 Å². The maximum absolute atomic E-state index is 12.1. The van der Waals surface area contributed by atoms with Crippen molar-refractivity contribution in [3.63, 3.8) is 0 Å². The third-order valence-corrected chi connectivity index (χ3v) is 4.51. The second kappa shape index (κ2) is 7.30. The molecule has 1 heterocycles. The van der Waals surface area contributed by atoms with Crippen molar-refractivity contribution in [1.29, 1.82) is 0 Å². The molecule has 1 aliphatic rings. The summed E-state index contributed by atoms with van der Waals surface area (Å²) in [7, 11) is -1.81. The van der Waals surface area contributed by atoms with E-state index in [-0.39, 0.29) is 18.5 Å². The first kappa shape index (κ1) is 18.0. The van der Waals surface area contributed by atoms with Gasteiger partial charge in [-0.05, 0) is 12.8 Å². The molecule has 124 valence electrons. The van der Waals surface area contributed by atoms with E-state index in [1.807, 2.05) is 0 Å². The summed E-state index contributed by atoms with van der Waals surface area (Å²) >= 11 is 0. The second-order valence-corrected chi connectivity index (χ2v) is 6.85. The minimum Gasteiger partial charge on any atom is -0.356 e. The van der Waals surface area contributed by atoms with E-state index < -0.39 is 22.6 Å². The number of hydrogen-bond acceptors (Lipinski definition) is 3. The van der Waals surface area contributed by atoms with Crippen LogP contribution in [0.1, 0.15) is 19.3 Å². The lowest BCUT2D eigenvalue weighted by Crippen LogP contribution is -2.46. The smallest absolute Gasteiger partial charge is 0.356 e. The highest BCUT2D eigenvalue weighted by molar-refractivity contribution is 7.88. The van der Waals surface area contributed by atoms with Crippen LogP contribution in [0.25, 0.3) is 0 Å². The molecule has 0 saturated carbocycles. The Bertz CT molecular complexity index is 465. The first-order valence-electron chi connectivity index (χ1n) is 6.61. The van der Waals surface area contributed by atoms with Crippen molar-refractivity contribution in [3.05, 3.63) is 0 Å². The number of nitrogens with zero attached hydrogens (tertiary/aromatic N) is 2. The van der Waals surface area contributed by atoms with Gasteiger partial charge in [-0.25, -0.2) is 8.42 Å². The number of hydrogen-bond donors (Lipinski definition) is 2. The van der Waals surface area contributed by atoms with E-state index in [1.54, 1.807) is 0 Å². The molecule has 0 aliphatic carbocycles. The lowest BCUT2D eigenvalue weighted by Gasteiger charge is -2.23. The number of guanidine groups is 1. The molecule has 0 unspecified atom stereocenters. The molecule has 0 radical (unpaired) electrons. The predicted octanol–water partition coefficient (Wildman–Crippen LogP) is 0.528. The topological polar surface area (TPSA) is 73.8 Å². The number of aliphatic imine (C=N–C) groups is 1. The Labute approximate surface area is 122 Å². The summed E-state index contributed by atoms with van der Waals surface area (Å²) in [5.74, 6) is 0.236. The summed E-state index contributed by atoms with van der Waals surface area (Å²) in [5.41, 5.74) is 0. The summed E-state index contributed by atoms with van der Waals surface area (Å²) < 4.78 is 60.7. The van der Waals surface area contributed by atoms with E-state index in [2.05, 4.69) is 15.6 Å². The molecule has 1 fully saturated rings. The number of rotatable bonds is 5. The van der Waals surface area contributed by atoms with Crippen molar-refractivity contribution < 1.29 is 21.6 Å². The van der Waals surface area contributed by atoms with Crippen molar-refractivity contribution in [3.8, 4) is 0 Å². The molecule has 2 N–H and O–H groups in total. The fourth-order valence-corrected chi connectivity index (χ4v) is 3.39. The van der Waals surface area contributed by atoms with Gasteiger partial charge in [0.05, 0.1) is 12.7 Å². The van der Waals surface area contributed by atoms with Gasteiger partial charge < -0.3 is 10.6 Å². The Morgan fingerprint density at radius 2 is 2.05 bits per heavy atom. The zero-order chi connectivity index (χ0) is 16.1. The number of halogens is 3. The maximum atomic E-state index is 12.1. The molecule has 21 heavy (non-hydrogen) atoms. The van der Waals surface area contributed by atoms with Crippen LogP contribution in [-0.2, 0) is 10.0 Å². The zero-order valence-electron chi connectivity index (χ0n) is 12.1. The van der Waals surface area contributed by atoms with Crippen LogP contribution in [0.3, 0.4) is 0 Å². The Morgan fingerprint density at radius 1 is 1.38 bits per heavy atom. The van der Waals surface area contributed by atoms with E-state index in [0.717, 1.165) is 19.1 Å². The van der Waals surface area contributed by atoms with Crippen LogP contribution in [0.15, 0.2) is 4.99 Å². The second-order valence-electron chi connectivity index (χ2n) is 4.91. The molecule has 10 heteroatoms. The Balaban J connectivity index is 2.42. The third kappa shape index (κ3) is 6.51. The van der Waals surface area contributed by atoms with Crippen LogP contribution in [0.5, 0.6) is 0 Å². The fourth-order valence-electron chi connectivity index (χ4n) is 2.21. The predicted molar refractivity (Wildman–Crippen MR) is 74.6 cm³/mol. The van der Waals surface area contributed by atoms with Gasteiger partial charge in [0.1, 0.15) is 0 Å². The van der Waals surface area contributed by atoms with Crippen molar-refractivity contribution in [1.82, 2.24) is 14.9 Å². The van der Waals surface area contributed by atoms with Gasteiger partial charge in [0.15, 0.2) is 5.96 Å². The van der Waals surface area contributed by atoms with Crippen LogP contribution in [0.4, 0.5) is 13.2 Å². The van der Waals surface area contributed by atoms with Crippen LogP contribution in [0.2, 0.25) is 0 Å². The van der Waals surface area contributed by atoms with Crippen molar-refractivity contribution in [2.75, 3.05) is 32.9 Å². The Morgan fingerprint density at radius 3 is 2.57 bits per heavy atom. The zero-order valence-corrected chi connectivity index (χ0v) is 12.9. The minimum absolute atomic E-state index is 0.193. The summed E-state index contributed by atoms with van der Waals surface area (Å²) in [6.45, 7) is 0.522. The highest BCUT2D eigenvalue weighted by atomic mass is 32.2. The van der Waals surface area contributed by atoms with E-state index in [1.165, 1.54) is 11.4 Å². The molecule has 0 bridgehead atoms.